The van der Waals surface area contributed by atoms with Gasteiger partial charge in [0.2, 0.25) is 0 Å². The molecule has 3 aromatic carbocycles. The van der Waals surface area contributed by atoms with Crippen molar-refractivity contribution in [3.8, 4) is 5.75 Å². The van der Waals surface area contributed by atoms with Gasteiger partial charge in [-0.05, 0) is 60.7 Å². The van der Waals surface area contributed by atoms with E-state index in [4.69, 9.17) is 4.74 Å². The van der Waals surface area contributed by atoms with Crippen LogP contribution in [0.4, 0.5) is 0 Å². The van der Waals surface area contributed by atoms with Gasteiger partial charge in [0, 0.05) is 25.2 Å². The lowest BCUT2D eigenvalue weighted by molar-refractivity contribution is 0.0947. The molecule has 0 atom stereocenters. The smallest absolute Gasteiger partial charge is 0.251 e. The lowest BCUT2D eigenvalue weighted by Crippen LogP contribution is -2.30. The number of rotatable bonds is 7. The highest BCUT2D eigenvalue weighted by Crippen LogP contribution is 2.20. The summed E-state index contributed by atoms with van der Waals surface area (Å²) in [4.78, 5) is 14.9. The fraction of sp³-hybridized carbons (Fsp3) is 0.296. The number of ether oxygens (including phenoxy) is 1. The first-order valence-electron chi connectivity index (χ1n) is 10.9. The van der Waals surface area contributed by atoms with Crippen LogP contribution >= 0.6 is 0 Å². The molecular weight excluding hydrogens is 384 g/mol. The average Bonchev–Trinajstić information content (AvgIpc) is 2.78. The lowest BCUT2D eigenvalue weighted by atomic mass is 9.99. The van der Waals surface area contributed by atoms with Gasteiger partial charge in [-0.15, -0.1) is 0 Å². The molecule has 4 rings (SSSR count). The Labute approximate surface area is 184 Å². The van der Waals surface area contributed by atoms with Crippen LogP contribution in [0.15, 0.2) is 66.7 Å². The van der Waals surface area contributed by atoms with Gasteiger partial charge < -0.3 is 10.1 Å². The molecular formula is C27H30N2O2. The van der Waals surface area contributed by atoms with E-state index in [1.54, 1.807) is 0 Å². The molecule has 0 aromatic heterocycles. The van der Waals surface area contributed by atoms with Crippen LogP contribution in [0, 0.1) is 13.8 Å². The number of hydrogen-bond donors (Lipinski definition) is 1. The third-order valence-electron chi connectivity index (χ3n) is 5.81. The van der Waals surface area contributed by atoms with E-state index in [1.165, 1.54) is 22.3 Å². The van der Waals surface area contributed by atoms with Crippen molar-refractivity contribution in [3.63, 3.8) is 0 Å². The van der Waals surface area contributed by atoms with Gasteiger partial charge in [0.05, 0.1) is 6.54 Å². The minimum absolute atomic E-state index is 0.0670. The quantitative estimate of drug-likeness (QED) is 0.571. The highest BCUT2D eigenvalue weighted by Gasteiger charge is 2.16. The van der Waals surface area contributed by atoms with Crippen molar-refractivity contribution >= 4 is 5.91 Å². The predicted octanol–water partition coefficient (Wildman–Crippen LogP) is 4.67. The maximum atomic E-state index is 12.4. The molecule has 1 N–H and O–H groups in total. The van der Waals surface area contributed by atoms with Crippen molar-refractivity contribution in [2.75, 3.05) is 19.7 Å². The van der Waals surface area contributed by atoms with Crippen LogP contribution < -0.4 is 10.1 Å². The summed E-state index contributed by atoms with van der Waals surface area (Å²) < 4.78 is 5.79. The summed E-state index contributed by atoms with van der Waals surface area (Å²) >= 11 is 0. The Bertz CT molecular complexity index is 1040. The molecule has 0 aliphatic carbocycles. The fourth-order valence-corrected chi connectivity index (χ4v) is 4.10. The molecule has 0 spiro atoms. The molecule has 4 heteroatoms. The number of amides is 1. The van der Waals surface area contributed by atoms with Gasteiger partial charge in [0.15, 0.2) is 0 Å². The molecule has 4 nitrogen and oxygen atoms in total. The van der Waals surface area contributed by atoms with Gasteiger partial charge in [-0.25, -0.2) is 0 Å². The van der Waals surface area contributed by atoms with Crippen molar-refractivity contribution in [2.45, 2.75) is 33.4 Å². The first-order valence-corrected chi connectivity index (χ1v) is 10.9. The van der Waals surface area contributed by atoms with E-state index < -0.39 is 0 Å². The van der Waals surface area contributed by atoms with E-state index in [0.29, 0.717) is 18.7 Å². The highest BCUT2D eigenvalue weighted by molar-refractivity contribution is 5.94. The van der Waals surface area contributed by atoms with Crippen LogP contribution in [0.3, 0.4) is 0 Å². The number of nitrogens with zero attached hydrogens (tertiary/aromatic N) is 1. The summed E-state index contributed by atoms with van der Waals surface area (Å²) in [6, 6.07) is 22.7. The number of carbonyl (C=O) groups is 1. The Hall–Kier alpha value is -3.11. The first kappa shape index (κ1) is 21.1. The molecule has 0 bridgehead atoms. The Morgan fingerprint density at radius 3 is 2.55 bits per heavy atom. The van der Waals surface area contributed by atoms with E-state index in [0.717, 1.165) is 37.4 Å². The van der Waals surface area contributed by atoms with Gasteiger partial charge in [0.25, 0.3) is 5.91 Å². The average molecular weight is 415 g/mol. The predicted molar refractivity (Wildman–Crippen MR) is 124 cm³/mol. The Morgan fingerprint density at radius 1 is 1.00 bits per heavy atom. The molecule has 1 aliphatic rings. The minimum atomic E-state index is -0.0670. The molecule has 0 saturated carbocycles. The SMILES string of the molecule is Cc1ccc(OCCNC(=O)c2ccc(CN3CCc4ccccc4C3)cc2)c(C)c1. The molecule has 160 valence electrons. The fourth-order valence-electron chi connectivity index (χ4n) is 4.10. The molecule has 1 aliphatic heterocycles. The maximum absolute atomic E-state index is 12.4. The molecule has 31 heavy (non-hydrogen) atoms. The van der Waals surface area contributed by atoms with Crippen LogP contribution in [0.1, 0.15) is 38.2 Å². The third kappa shape index (κ3) is 5.53. The van der Waals surface area contributed by atoms with Gasteiger partial charge in [-0.1, -0.05) is 54.1 Å². The molecule has 3 aromatic rings. The maximum Gasteiger partial charge on any atom is 0.251 e. The molecule has 1 amide bonds. The molecule has 0 fully saturated rings. The molecule has 0 radical (unpaired) electrons. The molecule has 0 unspecified atom stereocenters. The van der Waals surface area contributed by atoms with E-state index in [1.807, 2.05) is 31.2 Å². The largest absolute Gasteiger partial charge is 0.491 e. The molecule has 1 heterocycles. The zero-order chi connectivity index (χ0) is 21.6. The summed E-state index contributed by atoms with van der Waals surface area (Å²) in [6.07, 6.45) is 1.10. The Balaban J connectivity index is 1.24. The van der Waals surface area contributed by atoms with Gasteiger partial charge in [-0.2, -0.15) is 0 Å². The second kappa shape index (κ2) is 9.80. The van der Waals surface area contributed by atoms with Crippen molar-refractivity contribution in [1.82, 2.24) is 10.2 Å². The standard InChI is InChI=1S/C27H30N2O2/c1-20-7-12-26(21(2)17-20)31-16-14-28-27(30)24-10-8-22(9-11-24)18-29-15-13-23-5-3-4-6-25(23)19-29/h3-12,17H,13-16,18-19H2,1-2H3,(H,28,30). The monoisotopic (exact) mass is 414 g/mol. The van der Waals surface area contributed by atoms with Crippen LogP contribution in [-0.4, -0.2) is 30.5 Å². The second-order valence-electron chi connectivity index (χ2n) is 8.30. The second-order valence-corrected chi connectivity index (χ2v) is 8.30. The van der Waals surface area contributed by atoms with Gasteiger partial charge in [0.1, 0.15) is 12.4 Å². The van der Waals surface area contributed by atoms with Crippen LogP contribution in [-0.2, 0) is 19.5 Å². The lowest BCUT2D eigenvalue weighted by Gasteiger charge is -2.28. The highest BCUT2D eigenvalue weighted by atomic mass is 16.5. The van der Waals surface area contributed by atoms with Gasteiger partial charge >= 0.3 is 0 Å². The Morgan fingerprint density at radius 2 is 1.77 bits per heavy atom. The van der Waals surface area contributed by atoms with Crippen molar-refractivity contribution in [1.29, 1.82) is 0 Å². The summed E-state index contributed by atoms with van der Waals surface area (Å²) in [5.41, 5.74) is 7.12. The topological polar surface area (TPSA) is 41.6 Å². The number of nitrogens with one attached hydrogen (secondary N) is 1. The number of hydrogen-bond acceptors (Lipinski definition) is 3. The number of benzene rings is 3. The van der Waals surface area contributed by atoms with E-state index in [2.05, 4.69) is 59.6 Å². The first-order chi connectivity index (χ1) is 15.1. The molecule has 0 saturated heterocycles. The zero-order valence-electron chi connectivity index (χ0n) is 18.4. The summed E-state index contributed by atoms with van der Waals surface area (Å²) in [6.45, 7) is 7.97. The Kier molecular flexibility index (Phi) is 6.68. The minimum Gasteiger partial charge on any atom is -0.491 e. The summed E-state index contributed by atoms with van der Waals surface area (Å²) in [7, 11) is 0. The van der Waals surface area contributed by atoms with Crippen LogP contribution in [0.25, 0.3) is 0 Å². The van der Waals surface area contributed by atoms with Crippen molar-refractivity contribution < 1.29 is 9.53 Å². The summed E-state index contributed by atoms with van der Waals surface area (Å²) in [5, 5.41) is 2.94. The number of carbonyl (C=O) groups excluding carboxylic acids is 1. The van der Waals surface area contributed by atoms with Crippen LogP contribution in [0.2, 0.25) is 0 Å². The summed E-state index contributed by atoms with van der Waals surface area (Å²) in [5.74, 6) is 0.798. The van der Waals surface area contributed by atoms with Crippen LogP contribution in [0.5, 0.6) is 5.75 Å². The van der Waals surface area contributed by atoms with Crippen molar-refractivity contribution in [3.05, 3.63) is 100 Å². The van der Waals surface area contributed by atoms with E-state index in [-0.39, 0.29) is 5.91 Å². The zero-order valence-corrected chi connectivity index (χ0v) is 18.4. The van der Waals surface area contributed by atoms with Crippen molar-refractivity contribution in [2.24, 2.45) is 0 Å². The normalized spacial score (nSPS) is 13.5. The van der Waals surface area contributed by atoms with Gasteiger partial charge in [-0.3, -0.25) is 9.69 Å². The third-order valence-corrected chi connectivity index (χ3v) is 5.81. The van der Waals surface area contributed by atoms with E-state index in [9.17, 15) is 4.79 Å². The number of aryl methyl sites for hydroxylation is 2. The van der Waals surface area contributed by atoms with E-state index >= 15 is 0 Å². The number of fused-ring (bicyclic) bond motifs is 1.